The SMILES string of the molecule is CC1CC(N2CCNCC2C(=O)N(C)C)C1. The van der Waals surface area contributed by atoms with E-state index in [2.05, 4.69) is 17.1 Å². The molecule has 1 aliphatic carbocycles. The summed E-state index contributed by atoms with van der Waals surface area (Å²) in [7, 11) is 3.69. The molecule has 0 spiro atoms. The highest BCUT2D eigenvalue weighted by atomic mass is 16.2. The van der Waals surface area contributed by atoms with Crippen molar-refractivity contribution in [2.24, 2.45) is 5.92 Å². The summed E-state index contributed by atoms with van der Waals surface area (Å²) in [5.74, 6) is 1.08. The van der Waals surface area contributed by atoms with Crippen LogP contribution in [0.25, 0.3) is 0 Å². The summed E-state index contributed by atoms with van der Waals surface area (Å²) < 4.78 is 0. The van der Waals surface area contributed by atoms with Crippen LogP contribution in [-0.2, 0) is 4.79 Å². The molecule has 2 rings (SSSR count). The normalized spacial score (nSPS) is 35.6. The third kappa shape index (κ3) is 2.23. The van der Waals surface area contributed by atoms with Crippen molar-refractivity contribution in [3.63, 3.8) is 0 Å². The Morgan fingerprint density at radius 1 is 1.38 bits per heavy atom. The zero-order chi connectivity index (χ0) is 11.7. The number of amides is 1. The molecule has 0 aromatic heterocycles. The van der Waals surface area contributed by atoms with Crippen LogP contribution in [0.3, 0.4) is 0 Å². The quantitative estimate of drug-likeness (QED) is 0.726. The van der Waals surface area contributed by atoms with Crippen molar-refractivity contribution < 1.29 is 4.79 Å². The van der Waals surface area contributed by atoms with E-state index in [1.54, 1.807) is 4.90 Å². The first-order chi connectivity index (χ1) is 7.59. The van der Waals surface area contributed by atoms with E-state index in [0.29, 0.717) is 6.04 Å². The van der Waals surface area contributed by atoms with Gasteiger partial charge in [0, 0.05) is 39.8 Å². The molecule has 1 N–H and O–H groups in total. The summed E-state index contributed by atoms with van der Waals surface area (Å²) in [6.07, 6.45) is 2.52. The van der Waals surface area contributed by atoms with E-state index in [4.69, 9.17) is 0 Å². The van der Waals surface area contributed by atoms with Crippen LogP contribution in [0, 0.1) is 5.92 Å². The van der Waals surface area contributed by atoms with Crippen molar-refractivity contribution in [3.05, 3.63) is 0 Å². The number of likely N-dealkylation sites (N-methyl/N-ethyl adjacent to an activating group) is 1. The molecule has 1 aliphatic heterocycles. The second-order valence-electron chi connectivity index (χ2n) is 5.42. The van der Waals surface area contributed by atoms with Crippen LogP contribution in [-0.4, -0.2) is 61.5 Å². The first-order valence-corrected chi connectivity index (χ1v) is 6.27. The lowest BCUT2D eigenvalue weighted by Gasteiger charge is -2.47. The number of piperazine rings is 1. The lowest BCUT2D eigenvalue weighted by molar-refractivity contribution is -0.137. The summed E-state index contributed by atoms with van der Waals surface area (Å²) in [5.41, 5.74) is 0. The summed E-state index contributed by atoms with van der Waals surface area (Å²) in [4.78, 5) is 16.2. The van der Waals surface area contributed by atoms with Crippen molar-refractivity contribution in [2.45, 2.75) is 31.8 Å². The molecule has 0 radical (unpaired) electrons. The molecule has 4 nitrogen and oxygen atoms in total. The molecule has 2 aliphatic rings. The number of carbonyl (C=O) groups is 1. The molecule has 2 fully saturated rings. The Morgan fingerprint density at radius 2 is 2.06 bits per heavy atom. The maximum Gasteiger partial charge on any atom is 0.240 e. The first-order valence-electron chi connectivity index (χ1n) is 6.27. The summed E-state index contributed by atoms with van der Waals surface area (Å²) in [5, 5.41) is 3.33. The Balaban J connectivity index is 1.99. The van der Waals surface area contributed by atoms with E-state index in [1.807, 2.05) is 14.1 Å². The van der Waals surface area contributed by atoms with Crippen LogP contribution in [0.4, 0.5) is 0 Å². The summed E-state index contributed by atoms with van der Waals surface area (Å²) >= 11 is 0. The smallest absolute Gasteiger partial charge is 0.240 e. The fourth-order valence-corrected chi connectivity index (χ4v) is 2.81. The van der Waals surface area contributed by atoms with Gasteiger partial charge in [-0.15, -0.1) is 0 Å². The highest BCUT2D eigenvalue weighted by molar-refractivity contribution is 5.81. The van der Waals surface area contributed by atoms with Crippen LogP contribution in [0.1, 0.15) is 19.8 Å². The number of nitrogens with zero attached hydrogens (tertiary/aromatic N) is 2. The Kier molecular flexibility index (Phi) is 3.50. The van der Waals surface area contributed by atoms with Crippen LogP contribution in [0.2, 0.25) is 0 Å². The molecular weight excluding hydrogens is 202 g/mol. The predicted molar refractivity (Wildman–Crippen MR) is 64.2 cm³/mol. The minimum atomic E-state index is 0.0567. The van der Waals surface area contributed by atoms with Crippen molar-refractivity contribution in [3.8, 4) is 0 Å². The lowest BCUT2D eigenvalue weighted by Crippen LogP contribution is -2.62. The van der Waals surface area contributed by atoms with Gasteiger partial charge in [0.15, 0.2) is 0 Å². The fourth-order valence-electron chi connectivity index (χ4n) is 2.81. The van der Waals surface area contributed by atoms with E-state index in [1.165, 1.54) is 12.8 Å². The largest absolute Gasteiger partial charge is 0.347 e. The topological polar surface area (TPSA) is 35.6 Å². The standard InChI is InChI=1S/C12H23N3O/c1-9-6-10(7-9)15-5-4-13-8-11(15)12(16)14(2)3/h9-11,13H,4-8H2,1-3H3. The minimum Gasteiger partial charge on any atom is -0.347 e. The van der Waals surface area contributed by atoms with Crippen LogP contribution >= 0.6 is 0 Å². The third-order valence-corrected chi connectivity index (χ3v) is 3.83. The zero-order valence-electron chi connectivity index (χ0n) is 10.6. The highest BCUT2D eigenvalue weighted by Crippen LogP contribution is 2.32. The highest BCUT2D eigenvalue weighted by Gasteiger charge is 2.38. The summed E-state index contributed by atoms with van der Waals surface area (Å²) in [6.45, 7) is 5.13. The Morgan fingerprint density at radius 3 is 2.62 bits per heavy atom. The first kappa shape index (κ1) is 11.9. The molecule has 1 unspecified atom stereocenters. The van der Waals surface area contributed by atoms with Crippen molar-refractivity contribution >= 4 is 5.91 Å². The Labute approximate surface area is 98.0 Å². The monoisotopic (exact) mass is 225 g/mol. The Hall–Kier alpha value is -0.610. The van der Waals surface area contributed by atoms with Gasteiger partial charge in [0.2, 0.25) is 5.91 Å². The van der Waals surface area contributed by atoms with Gasteiger partial charge in [-0.3, -0.25) is 9.69 Å². The van der Waals surface area contributed by atoms with Gasteiger partial charge < -0.3 is 10.2 Å². The number of rotatable bonds is 2. The third-order valence-electron chi connectivity index (χ3n) is 3.83. The maximum atomic E-state index is 12.1. The van der Waals surface area contributed by atoms with Gasteiger partial charge in [0.1, 0.15) is 6.04 Å². The van der Waals surface area contributed by atoms with Crippen molar-refractivity contribution in [2.75, 3.05) is 33.7 Å². The Bertz CT molecular complexity index is 261. The van der Waals surface area contributed by atoms with Gasteiger partial charge >= 0.3 is 0 Å². The molecule has 16 heavy (non-hydrogen) atoms. The maximum absolute atomic E-state index is 12.1. The number of nitrogens with one attached hydrogen (secondary N) is 1. The van der Waals surface area contributed by atoms with E-state index < -0.39 is 0 Å². The summed E-state index contributed by atoms with van der Waals surface area (Å²) in [6, 6.07) is 0.701. The lowest BCUT2D eigenvalue weighted by atomic mass is 9.80. The molecule has 1 amide bonds. The van der Waals surface area contributed by atoms with E-state index in [-0.39, 0.29) is 11.9 Å². The number of hydrogen-bond acceptors (Lipinski definition) is 3. The van der Waals surface area contributed by atoms with Crippen molar-refractivity contribution in [1.29, 1.82) is 0 Å². The molecular formula is C12H23N3O. The molecule has 1 saturated carbocycles. The fraction of sp³-hybridized carbons (Fsp3) is 0.917. The molecule has 92 valence electrons. The predicted octanol–water partition coefficient (Wildman–Crippen LogP) is 0.147. The van der Waals surface area contributed by atoms with Crippen LogP contribution in [0.15, 0.2) is 0 Å². The second kappa shape index (κ2) is 4.72. The molecule has 0 aromatic carbocycles. The average molecular weight is 225 g/mol. The van der Waals surface area contributed by atoms with Gasteiger partial charge in [-0.1, -0.05) is 6.92 Å². The van der Waals surface area contributed by atoms with E-state index >= 15 is 0 Å². The number of carbonyl (C=O) groups excluding carboxylic acids is 1. The van der Waals surface area contributed by atoms with E-state index in [9.17, 15) is 4.79 Å². The molecule has 0 bridgehead atoms. The number of hydrogen-bond donors (Lipinski definition) is 1. The second-order valence-corrected chi connectivity index (χ2v) is 5.42. The molecule has 1 heterocycles. The van der Waals surface area contributed by atoms with Gasteiger partial charge in [0.05, 0.1) is 0 Å². The van der Waals surface area contributed by atoms with Gasteiger partial charge in [0.25, 0.3) is 0 Å². The molecule has 1 atom stereocenters. The van der Waals surface area contributed by atoms with E-state index in [0.717, 1.165) is 25.6 Å². The van der Waals surface area contributed by atoms with Gasteiger partial charge in [-0.05, 0) is 18.8 Å². The van der Waals surface area contributed by atoms with Crippen LogP contribution in [0.5, 0.6) is 0 Å². The zero-order valence-corrected chi connectivity index (χ0v) is 10.6. The molecule has 0 aromatic rings. The van der Waals surface area contributed by atoms with Gasteiger partial charge in [-0.25, -0.2) is 0 Å². The minimum absolute atomic E-state index is 0.0567. The van der Waals surface area contributed by atoms with Crippen LogP contribution < -0.4 is 5.32 Å². The van der Waals surface area contributed by atoms with Crippen molar-refractivity contribution in [1.82, 2.24) is 15.1 Å². The molecule has 4 heteroatoms. The molecule has 1 saturated heterocycles. The van der Waals surface area contributed by atoms with Gasteiger partial charge in [-0.2, -0.15) is 0 Å². The average Bonchev–Trinajstić information content (AvgIpc) is 2.24.